The van der Waals surface area contributed by atoms with Crippen LogP contribution in [0.5, 0.6) is 0 Å². The molecule has 1 aromatic carbocycles. The van der Waals surface area contributed by atoms with E-state index in [2.05, 4.69) is 48.6 Å². The Bertz CT molecular complexity index is 512. The maximum atomic E-state index is 9.33. The zero-order valence-corrected chi connectivity index (χ0v) is 10.8. The smallest absolute Gasteiger partial charge is 0.109 e. The molecule has 0 fully saturated rings. The second-order valence-corrected chi connectivity index (χ2v) is 4.48. The summed E-state index contributed by atoms with van der Waals surface area (Å²) in [6.07, 6.45) is 1.90. The third kappa shape index (κ3) is 2.07. The minimum Gasteiger partial charge on any atom is -0.396 e. The number of nitrogens with zero attached hydrogens (tertiary/aromatic N) is 2. The van der Waals surface area contributed by atoms with Gasteiger partial charge in [0.25, 0.3) is 0 Å². The Labute approximate surface area is 102 Å². The number of aryl methyl sites for hydroxylation is 2. The van der Waals surface area contributed by atoms with E-state index >= 15 is 0 Å². The molecule has 0 aliphatic heterocycles. The van der Waals surface area contributed by atoms with E-state index in [0.29, 0.717) is 0 Å². The molecule has 0 saturated heterocycles. The van der Waals surface area contributed by atoms with Crippen molar-refractivity contribution in [3.05, 3.63) is 29.6 Å². The number of rotatable bonds is 4. The van der Waals surface area contributed by atoms with Crippen LogP contribution in [0.4, 0.5) is 0 Å². The first kappa shape index (κ1) is 12.1. The van der Waals surface area contributed by atoms with Crippen LogP contribution in [0, 0.1) is 0 Å². The molecule has 1 heterocycles. The molecule has 1 aromatic heterocycles. The third-order valence-electron chi connectivity index (χ3n) is 3.50. The molecule has 3 heteroatoms. The molecule has 1 N–H and O–H groups in total. The lowest BCUT2D eigenvalue weighted by Gasteiger charge is -2.11. The van der Waals surface area contributed by atoms with Crippen LogP contribution in [0.25, 0.3) is 11.0 Å². The van der Waals surface area contributed by atoms with E-state index in [1.165, 1.54) is 11.1 Å². The van der Waals surface area contributed by atoms with Gasteiger partial charge in [-0.2, -0.15) is 0 Å². The maximum absolute atomic E-state index is 9.33. The Morgan fingerprint density at radius 3 is 2.71 bits per heavy atom. The van der Waals surface area contributed by atoms with Gasteiger partial charge in [0, 0.05) is 26.0 Å². The van der Waals surface area contributed by atoms with Crippen molar-refractivity contribution in [2.24, 2.45) is 7.05 Å². The molecule has 0 aliphatic rings. The molecule has 0 saturated carbocycles. The zero-order chi connectivity index (χ0) is 12.4. The molecular formula is C14H20N2O. The summed E-state index contributed by atoms with van der Waals surface area (Å²) < 4.78 is 2.14. The number of imidazole rings is 1. The number of aliphatic hydroxyl groups excluding tert-OH is 1. The SMILES string of the molecule is CCc1nc2cc(C(CC)CO)ccc2n1C. The van der Waals surface area contributed by atoms with E-state index in [-0.39, 0.29) is 12.5 Å². The summed E-state index contributed by atoms with van der Waals surface area (Å²) in [4.78, 5) is 4.62. The number of benzene rings is 1. The highest BCUT2D eigenvalue weighted by Crippen LogP contribution is 2.24. The van der Waals surface area contributed by atoms with Gasteiger partial charge in [-0.3, -0.25) is 0 Å². The van der Waals surface area contributed by atoms with E-state index in [0.717, 1.165) is 24.2 Å². The Hall–Kier alpha value is -1.35. The average molecular weight is 232 g/mol. The summed E-state index contributed by atoms with van der Waals surface area (Å²) in [7, 11) is 2.05. The largest absolute Gasteiger partial charge is 0.396 e. The minimum atomic E-state index is 0.204. The van der Waals surface area contributed by atoms with Crippen LogP contribution in [-0.4, -0.2) is 21.3 Å². The van der Waals surface area contributed by atoms with Gasteiger partial charge < -0.3 is 9.67 Å². The van der Waals surface area contributed by atoms with Crippen molar-refractivity contribution >= 4 is 11.0 Å². The first-order valence-corrected chi connectivity index (χ1v) is 6.27. The van der Waals surface area contributed by atoms with Crippen molar-refractivity contribution in [1.29, 1.82) is 0 Å². The summed E-state index contributed by atoms with van der Waals surface area (Å²) >= 11 is 0. The highest BCUT2D eigenvalue weighted by atomic mass is 16.3. The molecular weight excluding hydrogens is 212 g/mol. The normalized spacial score (nSPS) is 13.2. The second kappa shape index (κ2) is 4.88. The second-order valence-electron chi connectivity index (χ2n) is 4.48. The molecule has 2 aromatic rings. The number of hydrogen-bond donors (Lipinski definition) is 1. The minimum absolute atomic E-state index is 0.204. The van der Waals surface area contributed by atoms with Crippen molar-refractivity contribution in [3.63, 3.8) is 0 Å². The van der Waals surface area contributed by atoms with Gasteiger partial charge in [0.05, 0.1) is 11.0 Å². The summed E-state index contributed by atoms with van der Waals surface area (Å²) in [5.41, 5.74) is 3.38. The fourth-order valence-electron chi connectivity index (χ4n) is 2.31. The fraction of sp³-hybridized carbons (Fsp3) is 0.500. The van der Waals surface area contributed by atoms with E-state index in [1.807, 2.05) is 0 Å². The number of hydrogen-bond acceptors (Lipinski definition) is 2. The molecule has 0 spiro atoms. The maximum Gasteiger partial charge on any atom is 0.109 e. The van der Waals surface area contributed by atoms with Crippen LogP contribution in [0.1, 0.15) is 37.6 Å². The highest BCUT2D eigenvalue weighted by molar-refractivity contribution is 5.77. The van der Waals surface area contributed by atoms with Crippen LogP contribution in [0.3, 0.4) is 0 Å². The summed E-state index contributed by atoms with van der Waals surface area (Å²) in [6.45, 7) is 4.42. The van der Waals surface area contributed by atoms with Gasteiger partial charge in [-0.15, -0.1) is 0 Å². The summed E-state index contributed by atoms with van der Waals surface area (Å²) in [6, 6.07) is 6.32. The monoisotopic (exact) mass is 232 g/mol. The highest BCUT2D eigenvalue weighted by Gasteiger charge is 2.11. The summed E-state index contributed by atoms with van der Waals surface area (Å²) in [5, 5.41) is 9.33. The first-order valence-electron chi connectivity index (χ1n) is 6.27. The van der Waals surface area contributed by atoms with E-state index in [1.54, 1.807) is 0 Å². The molecule has 0 amide bonds. The van der Waals surface area contributed by atoms with Gasteiger partial charge in [-0.1, -0.05) is 19.9 Å². The lowest BCUT2D eigenvalue weighted by Crippen LogP contribution is -2.02. The summed E-state index contributed by atoms with van der Waals surface area (Å²) in [5.74, 6) is 1.33. The van der Waals surface area contributed by atoms with Crippen molar-refractivity contribution in [3.8, 4) is 0 Å². The van der Waals surface area contributed by atoms with Crippen LogP contribution in [-0.2, 0) is 13.5 Å². The van der Waals surface area contributed by atoms with Crippen molar-refractivity contribution < 1.29 is 5.11 Å². The molecule has 3 nitrogen and oxygen atoms in total. The van der Waals surface area contributed by atoms with Gasteiger partial charge in [-0.05, 0) is 24.1 Å². The Morgan fingerprint density at radius 1 is 1.35 bits per heavy atom. The molecule has 1 unspecified atom stereocenters. The predicted octanol–water partition coefficient (Wildman–Crippen LogP) is 2.62. The predicted molar refractivity (Wildman–Crippen MR) is 70.2 cm³/mol. The molecule has 17 heavy (non-hydrogen) atoms. The van der Waals surface area contributed by atoms with E-state index in [9.17, 15) is 5.11 Å². The van der Waals surface area contributed by atoms with Crippen LogP contribution in [0.15, 0.2) is 18.2 Å². The van der Waals surface area contributed by atoms with Crippen LogP contribution < -0.4 is 0 Å². The fourth-order valence-corrected chi connectivity index (χ4v) is 2.31. The van der Waals surface area contributed by atoms with Gasteiger partial charge in [0.1, 0.15) is 5.82 Å². The average Bonchev–Trinajstić information content (AvgIpc) is 2.67. The Kier molecular flexibility index (Phi) is 3.48. The molecule has 2 rings (SSSR count). The van der Waals surface area contributed by atoms with Crippen molar-refractivity contribution in [2.45, 2.75) is 32.6 Å². The van der Waals surface area contributed by atoms with Crippen molar-refractivity contribution in [1.82, 2.24) is 9.55 Å². The number of fused-ring (bicyclic) bond motifs is 1. The molecule has 0 aliphatic carbocycles. The topological polar surface area (TPSA) is 38.1 Å². The van der Waals surface area contributed by atoms with Crippen LogP contribution in [0.2, 0.25) is 0 Å². The Morgan fingerprint density at radius 2 is 2.12 bits per heavy atom. The molecule has 92 valence electrons. The van der Waals surface area contributed by atoms with Crippen LogP contribution >= 0.6 is 0 Å². The first-order chi connectivity index (χ1) is 8.21. The van der Waals surface area contributed by atoms with Gasteiger partial charge in [0.2, 0.25) is 0 Å². The molecule has 0 bridgehead atoms. The number of aromatic nitrogens is 2. The quantitative estimate of drug-likeness (QED) is 0.880. The third-order valence-corrected chi connectivity index (χ3v) is 3.50. The zero-order valence-electron chi connectivity index (χ0n) is 10.8. The van der Waals surface area contributed by atoms with Gasteiger partial charge in [0.15, 0.2) is 0 Å². The molecule has 0 radical (unpaired) electrons. The molecule has 1 atom stereocenters. The van der Waals surface area contributed by atoms with E-state index in [4.69, 9.17) is 0 Å². The lowest BCUT2D eigenvalue weighted by atomic mass is 9.97. The standard InChI is InChI=1S/C14H20N2O/c1-4-10(9-17)11-6-7-13-12(8-11)15-14(5-2)16(13)3/h6-8,10,17H,4-5,9H2,1-3H3. The van der Waals surface area contributed by atoms with Gasteiger partial charge >= 0.3 is 0 Å². The number of aliphatic hydroxyl groups is 1. The Balaban J connectivity index is 2.50. The van der Waals surface area contributed by atoms with Crippen molar-refractivity contribution in [2.75, 3.05) is 6.61 Å². The lowest BCUT2D eigenvalue weighted by molar-refractivity contribution is 0.262. The van der Waals surface area contributed by atoms with Gasteiger partial charge in [-0.25, -0.2) is 4.98 Å². The van der Waals surface area contributed by atoms with E-state index < -0.39 is 0 Å².